The minimum Gasteiger partial charge on any atom is -0.368 e. The van der Waals surface area contributed by atoms with Gasteiger partial charge >= 0.3 is 0 Å². The molecule has 0 unspecified atom stereocenters. The first kappa shape index (κ1) is 24.3. The molecule has 0 spiro atoms. The molecule has 2 aromatic carbocycles. The Hall–Kier alpha value is -2.42. The molecule has 2 aliphatic heterocycles. The average Bonchev–Trinajstić information content (AvgIpc) is 3.34. The lowest BCUT2D eigenvalue weighted by Gasteiger charge is -2.39. The molecule has 1 aromatic heterocycles. The monoisotopic (exact) mass is 557 g/mol. The maximum atomic E-state index is 13.2. The van der Waals surface area contributed by atoms with E-state index in [2.05, 4.69) is 48.9 Å². The molecule has 5 rings (SSSR count). The number of carbonyl (C=O) groups excluding carboxylic acids is 1. The van der Waals surface area contributed by atoms with Gasteiger partial charge in [0.25, 0.3) is 0 Å². The number of rotatable bonds is 5. The number of carbonyl (C=O) groups is 1. The summed E-state index contributed by atoms with van der Waals surface area (Å²) in [5.41, 5.74) is 3.31. The third-order valence-electron chi connectivity index (χ3n) is 6.97. The van der Waals surface area contributed by atoms with Crippen LogP contribution in [0, 0.1) is 12.8 Å². The topological polar surface area (TPSA) is 65.7 Å². The third kappa shape index (κ3) is 5.71. The van der Waals surface area contributed by atoms with Crippen LogP contribution in [0.1, 0.15) is 24.3 Å². The highest BCUT2D eigenvalue weighted by atomic mass is 79.9. The molecule has 7 nitrogen and oxygen atoms in total. The first-order valence-electron chi connectivity index (χ1n) is 12.1. The van der Waals surface area contributed by atoms with Crippen molar-refractivity contribution >= 4 is 39.1 Å². The molecule has 0 aliphatic carbocycles. The van der Waals surface area contributed by atoms with E-state index in [1.165, 1.54) is 11.3 Å². The Morgan fingerprint density at radius 1 is 1.06 bits per heavy atom. The number of anilines is 1. The van der Waals surface area contributed by atoms with Crippen molar-refractivity contribution in [2.24, 2.45) is 5.92 Å². The van der Waals surface area contributed by atoms with Gasteiger partial charge < -0.3 is 14.3 Å². The Balaban J connectivity index is 1.10. The second kappa shape index (κ2) is 10.7. The Labute approximate surface area is 219 Å². The molecule has 0 radical (unpaired) electrons. The summed E-state index contributed by atoms with van der Waals surface area (Å²) in [6.45, 7) is 7.61. The molecule has 35 heavy (non-hydrogen) atoms. The SMILES string of the molecule is Cc1ccc(Cl)cc1N1CCN(C(=O)C2CCN(Cc3nc(-c4ccc(Br)cc4)no3)CC2)CC1. The molecule has 2 saturated heterocycles. The van der Waals surface area contributed by atoms with Crippen LogP contribution in [0.2, 0.25) is 5.02 Å². The van der Waals surface area contributed by atoms with Gasteiger partial charge in [0.15, 0.2) is 0 Å². The summed E-state index contributed by atoms with van der Waals surface area (Å²) < 4.78 is 6.50. The second-order valence-corrected chi connectivity index (χ2v) is 10.7. The van der Waals surface area contributed by atoms with Crippen LogP contribution in [0.4, 0.5) is 5.69 Å². The van der Waals surface area contributed by atoms with E-state index < -0.39 is 0 Å². The smallest absolute Gasteiger partial charge is 0.241 e. The van der Waals surface area contributed by atoms with Crippen LogP contribution in [0.15, 0.2) is 51.5 Å². The van der Waals surface area contributed by atoms with E-state index in [0.29, 0.717) is 24.2 Å². The van der Waals surface area contributed by atoms with Crippen molar-refractivity contribution in [2.75, 3.05) is 44.2 Å². The van der Waals surface area contributed by atoms with Gasteiger partial charge in [0.1, 0.15) is 0 Å². The Kier molecular flexibility index (Phi) is 7.41. The number of aromatic nitrogens is 2. The lowest BCUT2D eigenvalue weighted by atomic mass is 9.95. The molecule has 1 amide bonds. The second-order valence-electron chi connectivity index (χ2n) is 9.31. The summed E-state index contributed by atoms with van der Waals surface area (Å²) in [7, 11) is 0. The van der Waals surface area contributed by atoms with Gasteiger partial charge in [-0.1, -0.05) is 38.8 Å². The van der Waals surface area contributed by atoms with Crippen LogP contribution in [-0.4, -0.2) is 65.1 Å². The molecule has 2 fully saturated rings. The number of piperidine rings is 1. The molecule has 0 bridgehead atoms. The van der Waals surface area contributed by atoms with Gasteiger partial charge in [0.2, 0.25) is 17.6 Å². The highest BCUT2D eigenvalue weighted by Crippen LogP contribution is 2.27. The van der Waals surface area contributed by atoms with Gasteiger partial charge in [-0.05, 0) is 74.8 Å². The lowest BCUT2D eigenvalue weighted by molar-refractivity contribution is -0.137. The molecule has 3 heterocycles. The van der Waals surface area contributed by atoms with Crippen LogP contribution in [0.3, 0.4) is 0 Å². The summed E-state index contributed by atoms with van der Waals surface area (Å²) in [6, 6.07) is 13.9. The molecule has 184 valence electrons. The molecule has 0 atom stereocenters. The number of likely N-dealkylation sites (tertiary alicyclic amines) is 1. The highest BCUT2D eigenvalue weighted by molar-refractivity contribution is 9.10. The third-order valence-corrected chi connectivity index (χ3v) is 7.73. The number of piperazine rings is 1. The predicted molar refractivity (Wildman–Crippen MR) is 140 cm³/mol. The summed E-state index contributed by atoms with van der Waals surface area (Å²) in [5, 5.41) is 4.87. The standard InChI is InChI=1S/C26H29BrClN5O2/c1-18-2-7-22(28)16-23(18)32-12-14-33(15-13-32)26(34)20-8-10-31(11-9-20)17-24-29-25(30-35-24)19-3-5-21(27)6-4-19/h2-7,16,20H,8-15,17H2,1H3. The molecule has 2 aliphatic rings. The lowest BCUT2D eigenvalue weighted by Crippen LogP contribution is -2.51. The quantitative estimate of drug-likeness (QED) is 0.438. The Morgan fingerprint density at radius 3 is 2.49 bits per heavy atom. The van der Waals surface area contributed by atoms with E-state index in [1.807, 2.05) is 41.3 Å². The molecule has 0 N–H and O–H groups in total. The molecule has 9 heteroatoms. The molecular formula is C26H29BrClN5O2. The predicted octanol–water partition coefficient (Wildman–Crippen LogP) is 5.02. The van der Waals surface area contributed by atoms with Crippen LogP contribution in [-0.2, 0) is 11.3 Å². The van der Waals surface area contributed by atoms with Gasteiger partial charge in [-0.15, -0.1) is 0 Å². The fraction of sp³-hybridized carbons (Fsp3) is 0.423. The van der Waals surface area contributed by atoms with Crippen molar-refractivity contribution < 1.29 is 9.32 Å². The van der Waals surface area contributed by atoms with E-state index in [-0.39, 0.29) is 5.92 Å². The zero-order chi connectivity index (χ0) is 24.4. The Morgan fingerprint density at radius 2 is 1.77 bits per heavy atom. The number of amides is 1. The van der Waals surface area contributed by atoms with Crippen molar-refractivity contribution in [2.45, 2.75) is 26.3 Å². The number of hydrogen-bond donors (Lipinski definition) is 0. The van der Waals surface area contributed by atoms with Crippen molar-refractivity contribution in [3.63, 3.8) is 0 Å². The number of benzene rings is 2. The maximum absolute atomic E-state index is 13.2. The Bertz CT molecular complexity index is 1170. The zero-order valence-corrected chi connectivity index (χ0v) is 22.1. The minimum atomic E-state index is 0.0896. The van der Waals surface area contributed by atoms with Gasteiger partial charge in [0, 0.05) is 52.8 Å². The van der Waals surface area contributed by atoms with E-state index in [0.717, 1.165) is 67.2 Å². The number of aryl methyl sites for hydroxylation is 1. The fourth-order valence-electron chi connectivity index (χ4n) is 4.91. The first-order chi connectivity index (χ1) is 17.0. The van der Waals surface area contributed by atoms with Crippen molar-refractivity contribution in [1.29, 1.82) is 0 Å². The molecule has 0 saturated carbocycles. The summed E-state index contributed by atoms with van der Waals surface area (Å²) >= 11 is 9.65. The van der Waals surface area contributed by atoms with Crippen molar-refractivity contribution in [1.82, 2.24) is 19.9 Å². The van der Waals surface area contributed by atoms with Crippen LogP contribution in [0.25, 0.3) is 11.4 Å². The minimum absolute atomic E-state index is 0.0896. The maximum Gasteiger partial charge on any atom is 0.241 e. The number of halogens is 2. The molecule has 3 aromatic rings. The van der Waals surface area contributed by atoms with E-state index in [1.54, 1.807) is 0 Å². The van der Waals surface area contributed by atoms with E-state index in [4.69, 9.17) is 16.1 Å². The normalized spacial score (nSPS) is 17.7. The zero-order valence-electron chi connectivity index (χ0n) is 19.8. The van der Waals surface area contributed by atoms with Crippen molar-refractivity contribution in [3.8, 4) is 11.4 Å². The van der Waals surface area contributed by atoms with Gasteiger partial charge in [-0.3, -0.25) is 9.69 Å². The fourth-order valence-corrected chi connectivity index (χ4v) is 5.34. The van der Waals surface area contributed by atoms with E-state index >= 15 is 0 Å². The number of nitrogens with zero attached hydrogens (tertiary/aromatic N) is 5. The van der Waals surface area contributed by atoms with Gasteiger partial charge in [0.05, 0.1) is 6.54 Å². The van der Waals surface area contributed by atoms with Crippen molar-refractivity contribution in [3.05, 3.63) is 63.4 Å². The van der Waals surface area contributed by atoms with Crippen LogP contribution >= 0.6 is 27.5 Å². The number of hydrogen-bond acceptors (Lipinski definition) is 6. The summed E-state index contributed by atoms with van der Waals surface area (Å²) in [6.07, 6.45) is 1.72. The summed E-state index contributed by atoms with van der Waals surface area (Å²) in [5.74, 6) is 1.60. The van der Waals surface area contributed by atoms with E-state index in [9.17, 15) is 4.79 Å². The van der Waals surface area contributed by atoms with Gasteiger partial charge in [-0.2, -0.15) is 4.98 Å². The average molecular weight is 559 g/mol. The van der Waals surface area contributed by atoms with Crippen LogP contribution in [0.5, 0.6) is 0 Å². The molecular weight excluding hydrogens is 530 g/mol. The first-order valence-corrected chi connectivity index (χ1v) is 13.2. The van der Waals surface area contributed by atoms with Crippen LogP contribution < -0.4 is 4.90 Å². The summed E-state index contributed by atoms with van der Waals surface area (Å²) in [4.78, 5) is 24.4. The highest BCUT2D eigenvalue weighted by Gasteiger charge is 2.31. The van der Waals surface area contributed by atoms with Gasteiger partial charge in [-0.25, -0.2) is 0 Å². The largest absolute Gasteiger partial charge is 0.368 e.